The quantitative estimate of drug-likeness (QED) is 0.766. The van der Waals surface area contributed by atoms with Gasteiger partial charge in [-0.3, -0.25) is 4.21 Å². The number of nitrogens with zero attached hydrogens (tertiary/aromatic N) is 2. The summed E-state index contributed by atoms with van der Waals surface area (Å²) < 4.78 is 11.4. The Kier molecular flexibility index (Phi) is 4.23. The molecule has 0 aromatic carbocycles. The van der Waals surface area contributed by atoms with E-state index in [0.29, 0.717) is 23.7 Å². The summed E-state index contributed by atoms with van der Waals surface area (Å²) in [5.41, 5.74) is 6.35. The summed E-state index contributed by atoms with van der Waals surface area (Å²) >= 11 is 0. The molecule has 74 valence electrons. The van der Waals surface area contributed by atoms with E-state index in [4.69, 9.17) is 11.0 Å². The van der Waals surface area contributed by atoms with E-state index in [-0.39, 0.29) is 0 Å². The van der Waals surface area contributed by atoms with Crippen molar-refractivity contribution in [2.24, 2.45) is 5.73 Å². The van der Waals surface area contributed by atoms with Gasteiger partial charge in [0.2, 0.25) is 0 Å². The Labute approximate surface area is 85.2 Å². The van der Waals surface area contributed by atoms with Crippen molar-refractivity contribution in [2.75, 3.05) is 12.3 Å². The molecule has 1 aromatic heterocycles. The zero-order valence-corrected chi connectivity index (χ0v) is 8.46. The Bertz CT molecular complexity index is 373. The number of aromatic nitrogens is 1. The van der Waals surface area contributed by atoms with Gasteiger partial charge in [0, 0.05) is 34.9 Å². The predicted molar refractivity (Wildman–Crippen MR) is 54.7 cm³/mol. The van der Waals surface area contributed by atoms with Gasteiger partial charge >= 0.3 is 0 Å². The molecule has 0 amide bonds. The fourth-order valence-corrected chi connectivity index (χ4v) is 2.02. The average molecular weight is 209 g/mol. The van der Waals surface area contributed by atoms with Crippen molar-refractivity contribution in [3.05, 3.63) is 29.6 Å². The molecule has 0 aliphatic heterocycles. The van der Waals surface area contributed by atoms with E-state index in [9.17, 15) is 4.21 Å². The molecule has 0 radical (unpaired) electrons. The fraction of sp³-hybridized carbons (Fsp3) is 0.333. The number of hydrogen-bond donors (Lipinski definition) is 1. The highest BCUT2D eigenvalue weighted by Gasteiger charge is 2.06. The van der Waals surface area contributed by atoms with Gasteiger partial charge in [0.05, 0.1) is 5.75 Å². The molecule has 0 aliphatic carbocycles. The van der Waals surface area contributed by atoms with Crippen molar-refractivity contribution in [3.63, 3.8) is 0 Å². The number of pyridine rings is 1. The lowest BCUT2D eigenvalue weighted by Crippen LogP contribution is -2.12. The molecule has 0 saturated carbocycles. The van der Waals surface area contributed by atoms with Gasteiger partial charge in [-0.15, -0.1) is 0 Å². The topological polar surface area (TPSA) is 79.8 Å². The van der Waals surface area contributed by atoms with Crippen LogP contribution < -0.4 is 5.73 Å². The van der Waals surface area contributed by atoms with E-state index >= 15 is 0 Å². The Balaban J connectivity index is 2.77. The summed E-state index contributed by atoms with van der Waals surface area (Å²) in [4.78, 5) is 3.88. The van der Waals surface area contributed by atoms with Crippen LogP contribution in [0.3, 0.4) is 0 Å². The standard InChI is InChI=1S/C9H11N3OS/c10-3-5-14(13)7-8-2-1-4-12-9(8)6-11/h1-2,4H,3,5,7,10H2. The van der Waals surface area contributed by atoms with Gasteiger partial charge in [0.1, 0.15) is 11.8 Å². The summed E-state index contributed by atoms with van der Waals surface area (Å²) in [6.45, 7) is 0.398. The Hall–Kier alpha value is -1.25. The maximum atomic E-state index is 11.4. The highest BCUT2D eigenvalue weighted by molar-refractivity contribution is 7.84. The third-order valence-corrected chi connectivity index (χ3v) is 2.98. The van der Waals surface area contributed by atoms with Crippen LogP contribution >= 0.6 is 0 Å². The molecule has 4 nitrogen and oxygen atoms in total. The van der Waals surface area contributed by atoms with Crippen LogP contribution in [0.1, 0.15) is 11.3 Å². The summed E-state index contributed by atoms with van der Waals surface area (Å²) in [5.74, 6) is 0.813. The van der Waals surface area contributed by atoms with E-state index in [0.717, 1.165) is 5.56 Å². The third kappa shape index (κ3) is 2.91. The van der Waals surface area contributed by atoms with Gasteiger partial charge in [-0.1, -0.05) is 6.07 Å². The lowest BCUT2D eigenvalue weighted by molar-refractivity contribution is 0.682. The molecule has 0 saturated heterocycles. The zero-order chi connectivity index (χ0) is 10.4. The largest absolute Gasteiger partial charge is 0.330 e. The van der Waals surface area contributed by atoms with Crippen LogP contribution in [0.25, 0.3) is 0 Å². The first-order chi connectivity index (χ1) is 6.77. The Morgan fingerprint density at radius 3 is 3.07 bits per heavy atom. The van der Waals surface area contributed by atoms with Crippen LogP contribution in [0.15, 0.2) is 18.3 Å². The fourth-order valence-electron chi connectivity index (χ4n) is 1.03. The molecule has 0 bridgehead atoms. The number of rotatable bonds is 4. The van der Waals surface area contributed by atoms with Crippen LogP contribution in [0.4, 0.5) is 0 Å². The minimum Gasteiger partial charge on any atom is -0.330 e. The van der Waals surface area contributed by atoms with Crippen molar-refractivity contribution in [1.82, 2.24) is 4.98 Å². The molecule has 1 unspecified atom stereocenters. The number of nitriles is 1. The molecular formula is C9H11N3OS. The first-order valence-electron chi connectivity index (χ1n) is 4.17. The van der Waals surface area contributed by atoms with E-state index < -0.39 is 10.8 Å². The second-order valence-electron chi connectivity index (χ2n) is 2.70. The summed E-state index contributed by atoms with van der Waals surface area (Å²) in [5, 5.41) is 8.73. The predicted octanol–water partition coefficient (Wildman–Crippen LogP) is 0.161. The zero-order valence-electron chi connectivity index (χ0n) is 7.64. The average Bonchev–Trinajstić information content (AvgIpc) is 2.19. The van der Waals surface area contributed by atoms with Gasteiger partial charge in [0.15, 0.2) is 0 Å². The molecule has 5 heteroatoms. The second-order valence-corrected chi connectivity index (χ2v) is 4.28. The molecule has 1 heterocycles. The van der Waals surface area contributed by atoms with E-state index in [1.807, 2.05) is 6.07 Å². The van der Waals surface area contributed by atoms with Gasteiger partial charge in [-0.2, -0.15) is 5.26 Å². The van der Waals surface area contributed by atoms with Crippen molar-refractivity contribution in [3.8, 4) is 6.07 Å². The first-order valence-corrected chi connectivity index (χ1v) is 5.65. The maximum Gasteiger partial charge on any atom is 0.144 e. The molecule has 1 rings (SSSR count). The SMILES string of the molecule is N#Cc1ncccc1CS(=O)CCN. The normalized spacial score (nSPS) is 12.0. The van der Waals surface area contributed by atoms with Crippen molar-refractivity contribution in [1.29, 1.82) is 5.26 Å². The highest BCUT2D eigenvalue weighted by atomic mass is 32.2. The van der Waals surface area contributed by atoms with Crippen LogP contribution in [0, 0.1) is 11.3 Å². The summed E-state index contributed by atoms with van der Waals surface area (Å²) in [6.07, 6.45) is 1.55. The van der Waals surface area contributed by atoms with Gasteiger partial charge in [-0.25, -0.2) is 4.98 Å². The second kappa shape index (κ2) is 5.47. The minimum absolute atomic E-state index is 0.345. The lowest BCUT2D eigenvalue weighted by Gasteiger charge is -2.01. The van der Waals surface area contributed by atoms with Gasteiger partial charge in [0.25, 0.3) is 0 Å². The monoisotopic (exact) mass is 209 g/mol. The lowest BCUT2D eigenvalue weighted by atomic mass is 10.2. The van der Waals surface area contributed by atoms with Crippen LogP contribution in [-0.4, -0.2) is 21.5 Å². The number of hydrogen-bond acceptors (Lipinski definition) is 4. The molecular weight excluding hydrogens is 198 g/mol. The maximum absolute atomic E-state index is 11.4. The molecule has 1 aromatic rings. The van der Waals surface area contributed by atoms with Crippen molar-refractivity contribution >= 4 is 10.8 Å². The Morgan fingerprint density at radius 1 is 1.64 bits per heavy atom. The summed E-state index contributed by atoms with van der Waals surface area (Å²) in [7, 11) is -0.999. The first kappa shape index (κ1) is 10.8. The third-order valence-electron chi connectivity index (χ3n) is 1.66. The summed E-state index contributed by atoms with van der Waals surface area (Å²) in [6, 6.07) is 5.46. The van der Waals surface area contributed by atoms with E-state index in [2.05, 4.69) is 4.98 Å². The van der Waals surface area contributed by atoms with Gasteiger partial charge in [-0.05, 0) is 6.07 Å². The highest BCUT2D eigenvalue weighted by Crippen LogP contribution is 2.06. The number of nitrogens with two attached hydrogens (primary N) is 1. The van der Waals surface area contributed by atoms with Crippen LogP contribution in [0.5, 0.6) is 0 Å². The molecule has 2 N–H and O–H groups in total. The van der Waals surface area contributed by atoms with Crippen LogP contribution in [-0.2, 0) is 16.6 Å². The van der Waals surface area contributed by atoms with Gasteiger partial charge < -0.3 is 5.73 Å². The van der Waals surface area contributed by atoms with E-state index in [1.165, 1.54) is 0 Å². The molecule has 1 atom stereocenters. The van der Waals surface area contributed by atoms with Crippen molar-refractivity contribution < 1.29 is 4.21 Å². The van der Waals surface area contributed by atoms with Crippen molar-refractivity contribution in [2.45, 2.75) is 5.75 Å². The Morgan fingerprint density at radius 2 is 2.43 bits per heavy atom. The van der Waals surface area contributed by atoms with Crippen LogP contribution in [0.2, 0.25) is 0 Å². The molecule has 0 aliphatic rings. The molecule has 0 spiro atoms. The van der Waals surface area contributed by atoms with E-state index in [1.54, 1.807) is 18.3 Å². The smallest absolute Gasteiger partial charge is 0.144 e. The molecule has 14 heavy (non-hydrogen) atoms. The molecule has 0 fully saturated rings. The minimum atomic E-state index is -0.999.